The van der Waals surface area contributed by atoms with Gasteiger partial charge in [0.2, 0.25) is 5.91 Å². The van der Waals surface area contributed by atoms with Crippen molar-refractivity contribution < 1.29 is 9.53 Å². The molecule has 1 aromatic rings. The average Bonchev–Trinajstić information content (AvgIpc) is 2.39. The molecule has 0 bridgehead atoms. The second-order valence-electron chi connectivity index (χ2n) is 4.58. The summed E-state index contributed by atoms with van der Waals surface area (Å²) in [4.78, 5) is 11.4. The number of benzene rings is 1. The van der Waals surface area contributed by atoms with E-state index in [1.165, 1.54) is 5.56 Å². The summed E-state index contributed by atoms with van der Waals surface area (Å²) >= 11 is 0. The van der Waals surface area contributed by atoms with E-state index in [0.717, 1.165) is 25.1 Å². The van der Waals surface area contributed by atoms with E-state index < -0.39 is 0 Å². The highest BCUT2D eigenvalue weighted by Gasteiger charge is 2.00. The predicted octanol–water partition coefficient (Wildman–Crippen LogP) is 2.30. The lowest BCUT2D eigenvalue weighted by Crippen LogP contribution is -2.30. The van der Waals surface area contributed by atoms with Crippen molar-refractivity contribution in [2.75, 3.05) is 26.7 Å². The highest BCUT2D eigenvalue weighted by atomic mass is 35.5. The predicted molar refractivity (Wildman–Crippen MR) is 84.7 cm³/mol. The SMILES string of the molecule is CNCCNC(=O)CCCCOc1cccc(C)c1.Cl. The van der Waals surface area contributed by atoms with Gasteiger partial charge in [0.15, 0.2) is 0 Å². The Labute approximate surface area is 127 Å². The summed E-state index contributed by atoms with van der Waals surface area (Å²) in [5.74, 6) is 1.02. The van der Waals surface area contributed by atoms with Crippen molar-refractivity contribution in [2.45, 2.75) is 26.2 Å². The minimum absolute atomic E-state index is 0. The van der Waals surface area contributed by atoms with Crippen molar-refractivity contribution in [1.82, 2.24) is 10.6 Å². The Hall–Kier alpha value is -1.26. The number of hydrogen-bond acceptors (Lipinski definition) is 3. The van der Waals surface area contributed by atoms with E-state index in [0.29, 0.717) is 19.6 Å². The summed E-state index contributed by atoms with van der Waals surface area (Å²) in [5.41, 5.74) is 1.20. The van der Waals surface area contributed by atoms with Crippen molar-refractivity contribution in [2.24, 2.45) is 0 Å². The molecule has 1 amide bonds. The maximum absolute atomic E-state index is 11.4. The van der Waals surface area contributed by atoms with Gasteiger partial charge < -0.3 is 15.4 Å². The summed E-state index contributed by atoms with van der Waals surface area (Å²) in [6.45, 7) is 4.20. The Kier molecular flexibility index (Phi) is 10.8. The van der Waals surface area contributed by atoms with Crippen LogP contribution in [0.2, 0.25) is 0 Å². The van der Waals surface area contributed by atoms with Crippen LogP contribution in [0.3, 0.4) is 0 Å². The smallest absolute Gasteiger partial charge is 0.220 e. The van der Waals surface area contributed by atoms with Gasteiger partial charge in [-0.15, -0.1) is 12.4 Å². The van der Waals surface area contributed by atoms with Crippen LogP contribution in [0, 0.1) is 6.92 Å². The lowest BCUT2D eigenvalue weighted by Gasteiger charge is -2.07. The van der Waals surface area contributed by atoms with E-state index in [-0.39, 0.29) is 18.3 Å². The molecule has 0 fully saturated rings. The fourth-order valence-electron chi connectivity index (χ4n) is 1.70. The molecule has 114 valence electrons. The van der Waals surface area contributed by atoms with Crippen molar-refractivity contribution in [3.8, 4) is 5.75 Å². The molecule has 5 heteroatoms. The molecule has 0 aliphatic rings. The summed E-state index contributed by atoms with van der Waals surface area (Å²) in [6, 6.07) is 8.00. The molecule has 1 aromatic carbocycles. The lowest BCUT2D eigenvalue weighted by molar-refractivity contribution is -0.121. The Morgan fingerprint density at radius 3 is 2.75 bits per heavy atom. The molecule has 0 atom stereocenters. The molecule has 0 aromatic heterocycles. The van der Waals surface area contributed by atoms with Gasteiger partial charge in [-0.2, -0.15) is 0 Å². The molecule has 1 rings (SSSR count). The molecule has 0 saturated carbocycles. The van der Waals surface area contributed by atoms with Gasteiger partial charge in [-0.05, 0) is 44.5 Å². The Balaban J connectivity index is 0.00000361. The van der Waals surface area contributed by atoms with Crippen LogP contribution in [0.25, 0.3) is 0 Å². The number of hydrogen-bond donors (Lipinski definition) is 2. The second kappa shape index (κ2) is 11.6. The quantitative estimate of drug-likeness (QED) is 0.688. The molecule has 0 spiro atoms. The lowest BCUT2D eigenvalue weighted by atomic mass is 10.2. The van der Waals surface area contributed by atoms with E-state index >= 15 is 0 Å². The van der Waals surface area contributed by atoms with Gasteiger partial charge in [0.25, 0.3) is 0 Å². The number of aryl methyl sites for hydroxylation is 1. The van der Waals surface area contributed by atoms with Gasteiger partial charge in [0.1, 0.15) is 5.75 Å². The van der Waals surface area contributed by atoms with Gasteiger partial charge >= 0.3 is 0 Å². The summed E-state index contributed by atoms with van der Waals surface area (Å²) in [6.07, 6.45) is 2.32. The molecular weight excluding hydrogens is 276 g/mol. The van der Waals surface area contributed by atoms with Gasteiger partial charge in [-0.3, -0.25) is 4.79 Å². The molecule has 4 nitrogen and oxygen atoms in total. The first-order chi connectivity index (χ1) is 9.22. The monoisotopic (exact) mass is 300 g/mol. The van der Waals surface area contributed by atoms with Crippen molar-refractivity contribution in [3.63, 3.8) is 0 Å². The minimum atomic E-state index is 0. The van der Waals surface area contributed by atoms with Crippen LogP contribution in [0.15, 0.2) is 24.3 Å². The second-order valence-corrected chi connectivity index (χ2v) is 4.58. The Morgan fingerprint density at radius 2 is 2.05 bits per heavy atom. The van der Waals surface area contributed by atoms with Gasteiger partial charge in [-0.25, -0.2) is 0 Å². The topological polar surface area (TPSA) is 50.4 Å². The molecule has 0 aliphatic carbocycles. The largest absolute Gasteiger partial charge is 0.494 e. The van der Waals surface area contributed by atoms with Crippen LogP contribution >= 0.6 is 12.4 Å². The summed E-state index contributed by atoms with van der Waals surface area (Å²) in [7, 11) is 1.87. The molecule has 2 N–H and O–H groups in total. The fraction of sp³-hybridized carbons (Fsp3) is 0.533. The summed E-state index contributed by atoms with van der Waals surface area (Å²) < 4.78 is 5.63. The zero-order chi connectivity index (χ0) is 13.9. The third kappa shape index (κ3) is 8.77. The van der Waals surface area contributed by atoms with Gasteiger partial charge in [-0.1, -0.05) is 12.1 Å². The first-order valence-electron chi connectivity index (χ1n) is 6.83. The van der Waals surface area contributed by atoms with Crippen molar-refractivity contribution in [1.29, 1.82) is 0 Å². The van der Waals surface area contributed by atoms with Crippen LogP contribution in [-0.2, 0) is 4.79 Å². The van der Waals surface area contributed by atoms with Crippen molar-refractivity contribution in [3.05, 3.63) is 29.8 Å². The summed E-state index contributed by atoms with van der Waals surface area (Å²) in [5, 5.41) is 5.84. The van der Waals surface area contributed by atoms with E-state index in [2.05, 4.69) is 10.6 Å². The van der Waals surface area contributed by atoms with E-state index in [9.17, 15) is 4.79 Å². The number of carbonyl (C=O) groups excluding carboxylic acids is 1. The fourth-order valence-corrected chi connectivity index (χ4v) is 1.70. The first-order valence-corrected chi connectivity index (χ1v) is 6.83. The van der Waals surface area contributed by atoms with Crippen molar-refractivity contribution >= 4 is 18.3 Å². The molecule has 0 saturated heterocycles. The van der Waals surface area contributed by atoms with E-state index in [1.54, 1.807) is 0 Å². The van der Waals surface area contributed by atoms with Crippen LogP contribution in [0.1, 0.15) is 24.8 Å². The maximum Gasteiger partial charge on any atom is 0.220 e. The van der Waals surface area contributed by atoms with Crippen LogP contribution in [-0.4, -0.2) is 32.7 Å². The third-order valence-corrected chi connectivity index (χ3v) is 2.75. The molecule has 20 heavy (non-hydrogen) atoms. The number of carbonyl (C=O) groups is 1. The zero-order valence-corrected chi connectivity index (χ0v) is 13.1. The number of nitrogens with one attached hydrogen (secondary N) is 2. The third-order valence-electron chi connectivity index (χ3n) is 2.75. The van der Waals surface area contributed by atoms with Gasteiger partial charge in [0, 0.05) is 19.5 Å². The normalized spacial score (nSPS) is 9.70. The molecule has 0 unspecified atom stereocenters. The number of rotatable bonds is 9. The van der Waals surface area contributed by atoms with E-state index in [4.69, 9.17) is 4.74 Å². The standard InChI is InChI=1S/C15H24N2O2.ClH/c1-13-6-5-7-14(12-13)19-11-4-3-8-15(18)17-10-9-16-2;/h5-7,12,16H,3-4,8-11H2,1-2H3,(H,17,18);1H. The minimum Gasteiger partial charge on any atom is -0.494 e. The van der Waals surface area contributed by atoms with E-state index in [1.807, 2.05) is 38.2 Å². The Bertz CT molecular complexity index is 386. The average molecular weight is 301 g/mol. The highest BCUT2D eigenvalue weighted by Crippen LogP contribution is 2.12. The number of unbranched alkanes of at least 4 members (excludes halogenated alkanes) is 1. The van der Waals surface area contributed by atoms with Gasteiger partial charge in [0.05, 0.1) is 6.61 Å². The van der Waals surface area contributed by atoms with Crippen LogP contribution < -0.4 is 15.4 Å². The van der Waals surface area contributed by atoms with Crippen LogP contribution in [0.5, 0.6) is 5.75 Å². The first kappa shape index (κ1) is 18.7. The highest BCUT2D eigenvalue weighted by molar-refractivity contribution is 5.85. The molecule has 0 aliphatic heterocycles. The maximum atomic E-state index is 11.4. The molecular formula is C15H25ClN2O2. The number of likely N-dealkylation sites (N-methyl/N-ethyl adjacent to an activating group) is 1. The Morgan fingerprint density at radius 1 is 1.25 bits per heavy atom. The van der Waals surface area contributed by atoms with Crippen LogP contribution in [0.4, 0.5) is 0 Å². The number of ether oxygens (including phenoxy) is 1. The number of amides is 1. The molecule has 0 heterocycles. The zero-order valence-electron chi connectivity index (χ0n) is 12.3. The molecule has 0 radical (unpaired) electrons. The number of halogens is 1.